The maximum absolute atomic E-state index is 13.4. The van der Waals surface area contributed by atoms with Gasteiger partial charge in [-0.25, -0.2) is 0 Å². The molecule has 0 saturated carbocycles. The molecule has 0 spiro atoms. The number of Topliss-reactive ketones (excluding diaryl/α,β-unsaturated/α-hetero) is 1. The van der Waals surface area contributed by atoms with Crippen LogP contribution in [0.15, 0.2) is 54.1 Å². The predicted molar refractivity (Wildman–Crippen MR) is 117 cm³/mol. The Labute approximate surface area is 183 Å². The highest BCUT2D eigenvalue weighted by Crippen LogP contribution is 2.38. The van der Waals surface area contributed by atoms with E-state index in [2.05, 4.69) is 0 Å². The van der Waals surface area contributed by atoms with Crippen LogP contribution in [0.3, 0.4) is 0 Å². The van der Waals surface area contributed by atoms with Gasteiger partial charge in [0, 0.05) is 5.57 Å². The van der Waals surface area contributed by atoms with Gasteiger partial charge in [0.15, 0.2) is 0 Å². The van der Waals surface area contributed by atoms with E-state index in [-0.39, 0.29) is 11.7 Å². The first kappa shape index (κ1) is 22.6. The lowest BCUT2D eigenvalue weighted by atomic mass is 9.94. The minimum absolute atomic E-state index is 0.0140. The van der Waals surface area contributed by atoms with Crippen LogP contribution in [0.4, 0.5) is 0 Å². The van der Waals surface area contributed by atoms with Crippen molar-refractivity contribution >= 4 is 17.4 Å². The molecule has 1 atom stereocenters. The van der Waals surface area contributed by atoms with Gasteiger partial charge in [-0.2, -0.15) is 0 Å². The van der Waals surface area contributed by atoms with Crippen molar-refractivity contribution < 1.29 is 24.3 Å². The van der Waals surface area contributed by atoms with Gasteiger partial charge in [0.2, 0.25) is 5.78 Å². The fraction of sp³-hybridized carbons (Fsp3) is 0.360. The van der Waals surface area contributed by atoms with Gasteiger partial charge in [-0.1, -0.05) is 47.7 Å². The molecule has 31 heavy (non-hydrogen) atoms. The number of benzene rings is 2. The zero-order chi connectivity index (χ0) is 22.7. The Bertz CT molecular complexity index is 976. The van der Waals surface area contributed by atoms with E-state index in [4.69, 9.17) is 4.74 Å². The lowest BCUT2D eigenvalue weighted by Gasteiger charge is -2.28. The second-order valence-corrected chi connectivity index (χ2v) is 8.53. The first-order chi connectivity index (χ1) is 14.7. The van der Waals surface area contributed by atoms with Crippen molar-refractivity contribution in [2.24, 2.45) is 0 Å². The number of quaternary nitrogens is 1. The van der Waals surface area contributed by atoms with Gasteiger partial charge in [0.05, 0.1) is 39.3 Å². The van der Waals surface area contributed by atoms with Crippen LogP contribution in [0.2, 0.25) is 0 Å². The number of amides is 1. The largest absolute Gasteiger partial charge is 0.872 e. The summed E-state index contributed by atoms with van der Waals surface area (Å²) in [5.74, 6) is -1.10. The molecule has 1 saturated heterocycles. The minimum Gasteiger partial charge on any atom is -0.872 e. The highest BCUT2D eigenvalue weighted by atomic mass is 16.5. The van der Waals surface area contributed by atoms with E-state index in [0.29, 0.717) is 24.4 Å². The molecule has 6 nitrogen and oxygen atoms in total. The molecule has 3 rings (SSSR count). The Morgan fingerprint density at radius 2 is 1.68 bits per heavy atom. The van der Waals surface area contributed by atoms with Gasteiger partial charge in [0.1, 0.15) is 5.75 Å². The lowest BCUT2D eigenvalue weighted by Crippen LogP contribution is -3.06. The van der Waals surface area contributed by atoms with Crippen LogP contribution < -0.4 is 14.7 Å². The van der Waals surface area contributed by atoms with Crippen molar-refractivity contribution in [1.82, 2.24) is 4.90 Å². The second-order valence-electron chi connectivity index (χ2n) is 8.53. The van der Waals surface area contributed by atoms with Crippen LogP contribution in [0, 0.1) is 6.92 Å². The fourth-order valence-electron chi connectivity index (χ4n) is 3.65. The summed E-state index contributed by atoms with van der Waals surface area (Å²) in [6, 6.07) is 13.7. The molecule has 0 radical (unpaired) electrons. The van der Waals surface area contributed by atoms with Crippen molar-refractivity contribution in [3.05, 3.63) is 70.8 Å². The zero-order valence-corrected chi connectivity index (χ0v) is 18.8. The van der Waals surface area contributed by atoms with E-state index in [1.54, 1.807) is 24.3 Å². The van der Waals surface area contributed by atoms with Crippen LogP contribution in [-0.2, 0) is 9.59 Å². The van der Waals surface area contributed by atoms with E-state index < -0.39 is 23.5 Å². The molecular weight excluding hydrogens is 392 g/mol. The average Bonchev–Trinajstić information content (AvgIpc) is 2.97. The lowest BCUT2D eigenvalue weighted by molar-refractivity contribution is -0.857. The number of rotatable bonds is 7. The Morgan fingerprint density at radius 3 is 2.23 bits per heavy atom. The van der Waals surface area contributed by atoms with Crippen molar-refractivity contribution in [3.8, 4) is 5.75 Å². The van der Waals surface area contributed by atoms with E-state index in [9.17, 15) is 14.7 Å². The molecule has 6 heteroatoms. The highest BCUT2D eigenvalue weighted by Gasteiger charge is 2.44. The molecule has 164 valence electrons. The summed E-state index contributed by atoms with van der Waals surface area (Å²) >= 11 is 0. The number of hydrogen-bond donors (Lipinski definition) is 1. The number of nitrogens with one attached hydrogen (secondary N) is 1. The molecule has 1 heterocycles. The summed E-state index contributed by atoms with van der Waals surface area (Å²) < 4.78 is 5.64. The number of nitrogens with zero attached hydrogens (tertiary/aromatic N) is 1. The third kappa shape index (κ3) is 4.97. The number of aryl methyl sites for hydroxylation is 1. The van der Waals surface area contributed by atoms with Crippen molar-refractivity contribution in [2.45, 2.75) is 32.9 Å². The first-order valence-corrected chi connectivity index (χ1v) is 10.6. The normalized spacial score (nSPS) is 18.3. The average molecular weight is 423 g/mol. The van der Waals surface area contributed by atoms with Crippen LogP contribution in [0.5, 0.6) is 5.75 Å². The van der Waals surface area contributed by atoms with Crippen molar-refractivity contribution in [1.29, 1.82) is 0 Å². The topological polar surface area (TPSA) is 74.1 Å². The monoisotopic (exact) mass is 422 g/mol. The Balaban J connectivity index is 2.06. The third-order valence-electron chi connectivity index (χ3n) is 5.26. The maximum atomic E-state index is 13.4. The summed E-state index contributed by atoms with van der Waals surface area (Å²) in [4.78, 5) is 28.5. The summed E-state index contributed by atoms with van der Waals surface area (Å²) in [6.07, 6.45) is 0.0169. The molecule has 0 aromatic heterocycles. The zero-order valence-electron chi connectivity index (χ0n) is 18.8. The molecule has 2 aromatic carbocycles. The number of likely N-dealkylation sites (tertiary alicyclic amines) is 1. The molecule has 1 aliphatic heterocycles. The van der Waals surface area contributed by atoms with Gasteiger partial charge in [-0.05, 0) is 44.0 Å². The molecule has 0 aliphatic carbocycles. The molecule has 1 fully saturated rings. The summed E-state index contributed by atoms with van der Waals surface area (Å²) in [6.45, 7) is 6.88. The summed E-state index contributed by atoms with van der Waals surface area (Å²) in [5.41, 5.74) is 2.21. The molecule has 1 unspecified atom stereocenters. The van der Waals surface area contributed by atoms with Gasteiger partial charge in [-0.3, -0.25) is 9.59 Å². The molecule has 1 N–H and O–H groups in total. The number of ether oxygens (including phenoxy) is 1. The van der Waals surface area contributed by atoms with Gasteiger partial charge >= 0.3 is 0 Å². The van der Waals surface area contributed by atoms with Gasteiger partial charge in [-0.15, -0.1) is 0 Å². The number of carbonyl (C=O) groups excluding carboxylic acids is 2. The van der Waals surface area contributed by atoms with E-state index in [1.807, 2.05) is 59.1 Å². The maximum Gasteiger partial charge on any atom is 0.295 e. The minimum atomic E-state index is -0.716. The second kappa shape index (κ2) is 9.35. The van der Waals surface area contributed by atoms with E-state index in [1.165, 1.54) is 4.90 Å². The Kier molecular flexibility index (Phi) is 6.81. The van der Waals surface area contributed by atoms with Gasteiger partial charge < -0.3 is 19.6 Å². The number of likely N-dealkylation sites (N-methyl/N-ethyl adjacent to an activating group) is 1. The Hall–Kier alpha value is -3.12. The molecule has 1 aliphatic rings. The van der Waals surface area contributed by atoms with Crippen LogP contribution in [0.1, 0.15) is 36.6 Å². The number of ketones is 1. The van der Waals surface area contributed by atoms with Crippen LogP contribution >= 0.6 is 0 Å². The van der Waals surface area contributed by atoms with E-state index in [0.717, 1.165) is 16.0 Å². The number of carbonyl (C=O) groups is 2. The molecular formula is C25H30N2O4. The van der Waals surface area contributed by atoms with Crippen LogP contribution in [0.25, 0.3) is 5.76 Å². The molecule has 2 aromatic rings. The molecule has 0 bridgehead atoms. The summed E-state index contributed by atoms with van der Waals surface area (Å²) in [5, 5.41) is 13.4. The van der Waals surface area contributed by atoms with Gasteiger partial charge in [0.25, 0.3) is 5.91 Å². The smallest absolute Gasteiger partial charge is 0.295 e. The summed E-state index contributed by atoms with van der Waals surface area (Å²) in [7, 11) is 3.97. The van der Waals surface area contributed by atoms with Crippen molar-refractivity contribution in [3.63, 3.8) is 0 Å². The highest BCUT2D eigenvalue weighted by molar-refractivity contribution is 6.46. The fourth-order valence-corrected chi connectivity index (χ4v) is 3.65. The predicted octanol–water partition coefficient (Wildman–Crippen LogP) is 1.15. The Morgan fingerprint density at radius 1 is 1.06 bits per heavy atom. The van der Waals surface area contributed by atoms with Crippen LogP contribution in [-0.4, -0.2) is 49.9 Å². The third-order valence-corrected chi connectivity index (χ3v) is 5.26. The molecule has 1 amide bonds. The first-order valence-electron chi connectivity index (χ1n) is 10.6. The van der Waals surface area contributed by atoms with Crippen molar-refractivity contribution in [2.75, 3.05) is 27.2 Å². The standard InChI is InChI=1S/C25H30N2O4/c1-16(2)31-20-12-10-19(11-13-20)23(28)21-22(18-8-6-17(3)7-9-18)27(15-14-26(4)5)25(30)24(21)29/h6-13,16,22,28H,14-15H2,1-5H3. The quantitative estimate of drug-likeness (QED) is 0.413. The van der Waals surface area contributed by atoms with E-state index >= 15 is 0 Å². The SMILES string of the molecule is Cc1ccc(C2C(=C([O-])c3ccc(OC(C)C)cc3)C(=O)C(=O)N2CC[NH+](C)C)cc1. The number of hydrogen-bond acceptors (Lipinski definition) is 4.